The smallest absolute Gasteiger partial charge is 0.228 e. The summed E-state index contributed by atoms with van der Waals surface area (Å²) in [6.07, 6.45) is 2.36. The van der Waals surface area contributed by atoms with Gasteiger partial charge in [-0.2, -0.15) is 0 Å². The molecular formula is C9H16N2OS. The second kappa shape index (κ2) is 4.56. The van der Waals surface area contributed by atoms with Gasteiger partial charge in [0.2, 0.25) is 5.91 Å². The first kappa shape index (κ1) is 10.4. The summed E-state index contributed by atoms with van der Waals surface area (Å²) >= 11 is 5.10. The Hall–Kier alpha value is -0.640. The fourth-order valence-corrected chi connectivity index (χ4v) is 1.53. The van der Waals surface area contributed by atoms with E-state index in [4.69, 9.17) is 12.2 Å². The molecule has 1 heterocycles. The van der Waals surface area contributed by atoms with Gasteiger partial charge in [-0.05, 0) is 25.1 Å². The molecule has 3 nitrogen and oxygen atoms in total. The largest absolute Gasteiger partial charge is 0.349 e. The summed E-state index contributed by atoms with van der Waals surface area (Å²) in [7, 11) is 0. The molecule has 1 rings (SSSR count). The number of thiocarbonyl (C=S) groups is 1. The van der Waals surface area contributed by atoms with E-state index >= 15 is 0 Å². The van der Waals surface area contributed by atoms with Crippen LogP contribution in [0.25, 0.3) is 0 Å². The first-order valence-electron chi connectivity index (χ1n) is 4.71. The van der Waals surface area contributed by atoms with Crippen LogP contribution in [0.15, 0.2) is 0 Å². The zero-order valence-electron chi connectivity index (χ0n) is 8.17. The van der Waals surface area contributed by atoms with Crippen LogP contribution in [-0.2, 0) is 4.79 Å². The highest BCUT2D eigenvalue weighted by Crippen LogP contribution is 2.07. The number of amides is 1. The molecule has 1 saturated heterocycles. The van der Waals surface area contributed by atoms with Gasteiger partial charge in [0.25, 0.3) is 0 Å². The SMILES string of the molecule is CC(C)C(=O)NC(=S)N1CCCC1. The number of hydrogen-bond donors (Lipinski definition) is 1. The molecule has 1 aliphatic heterocycles. The molecule has 0 aliphatic carbocycles. The normalized spacial score (nSPS) is 16.4. The molecule has 1 N–H and O–H groups in total. The highest BCUT2D eigenvalue weighted by atomic mass is 32.1. The van der Waals surface area contributed by atoms with Gasteiger partial charge in [0.05, 0.1) is 0 Å². The van der Waals surface area contributed by atoms with E-state index in [1.54, 1.807) is 0 Å². The van der Waals surface area contributed by atoms with Crippen LogP contribution in [0.3, 0.4) is 0 Å². The maximum atomic E-state index is 11.3. The highest BCUT2D eigenvalue weighted by Gasteiger charge is 2.17. The second-order valence-corrected chi connectivity index (χ2v) is 4.03. The summed E-state index contributed by atoms with van der Waals surface area (Å²) in [5.74, 6) is 0.0115. The average molecular weight is 200 g/mol. The van der Waals surface area contributed by atoms with E-state index in [2.05, 4.69) is 10.2 Å². The van der Waals surface area contributed by atoms with Crippen LogP contribution in [0, 0.1) is 5.92 Å². The number of likely N-dealkylation sites (tertiary alicyclic amines) is 1. The first-order chi connectivity index (χ1) is 6.11. The van der Waals surface area contributed by atoms with E-state index in [0.717, 1.165) is 13.1 Å². The van der Waals surface area contributed by atoms with Crippen molar-refractivity contribution in [3.63, 3.8) is 0 Å². The maximum absolute atomic E-state index is 11.3. The number of rotatable bonds is 1. The predicted octanol–water partition coefficient (Wildman–Crippen LogP) is 1.14. The molecule has 1 aliphatic rings. The fraction of sp³-hybridized carbons (Fsp3) is 0.778. The van der Waals surface area contributed by atoms with Gasteiger partial charge in [0, 0.05) is 19.0 Å². The van der Waals surface area contributed by atoms with Crippen molar-refractivity contribution < 1.29 is 4.79 Å². The summed E-state index contributed by atoms with van der Waals surface area (Å²) in [5.41, 5.74) is 0. The van der Waals surface area contributed by atoms with Gasteiger partial charge >= 0.3 is 0 Å². The van der Waals surface area contributed by atoms with Crippen LogP contribution in [0.4, 0.5) is 0 Å². The summed E-state index contributed by atoms with van der Waals surface area (Å²) < 4.78 is 0. The summed E-state index contributed by atoms with van der Waals surface area (Å²) in [5, 5.41) is 3.33. The quantitative estimate of drug-likeness (QED) is 0.644. The van der Waals surface area contributed by atoms with Crippen LogP contribution in [-0.4, -0.2) is 29.0 Å². The minimum atomic E-state index is 0.000512. The van der Waals surface area contributed by atoms with E-state index < -0.39 is 0 Å². The molecule has 0 aromatic rings. The molecule has 0 bridgehead atoms. The highest BCUT2D eigenvalue weighted by molar-refractivity contribution is 7.80. The van der Waals surface area contributed by atoms with Crippen molar-refractivity contribution in [3.05, 3.63) is 0 Å². The van der Waals surface area contributed by atoms with Gasteiger partial charge in [-0.3, -0.25) is 4.79 Å². The molecule has 13 heavy (non-hydrogen) atoms. The molecule has 1 fully saturated rings. The second-order valence-electron chi connectivity index (χ2n) is 3.64. The summed E-state index contributed by atoms with van der Waals surface area (Å²) in [4.78, 5) is 13.3. The van der Waals surface area contributed by atoms with Crippen molar-refractivity contribution in [2.45, 2.75) is 26.7 Å². The van der Waals surface area contributed by atoms with Gasteiger partial charge in [-0.25, -0.2) is 0 Å². The number of carbonyl (C=O) groups is 1. The summed E-state index contributed by atoms with van der Waals surface area (Å²) in [6.45, 7) is 5.69. The molecule has 0 radical (unpaired) electrons. The molecule has 74 valence electrons. The Morgan fingerprint density at radius 3 is 2.38 bits per heavy atom. The van der Waals surface area contributed by atoms with Crippen molar-refractivity contribution in [2.75, 3.05) is 13.1 Å². The Balaban J connectivity index is 2.36. The van der Waals surface area contributed by atoms with Crippen LogP contribution in [0.2, 0.25) is 0 Å². The van der Waals surface area contributed by atoms with Gasteiger partial charge in [-0.1, -0.05) is 13.8 Å². The van der Waals surface area contributed by atoms with E-state index in [-0.39, 0.29) is 11.8 Å². The van der Waals surface area contributed by atoms with Gasteiger partial charge in [0.1, 0.15) is 0 Å². The number of nitrogens with one attached hydrogen (secondary N) is 1. The van der Waals surface area contributed by atoms with E-state index in [1.807, 2.05) is 13.8 Å². The standard InChI is InChI=1S/C9H16N2OS/c1-7(2)8(12)10-9(13)11-5-3-4-6-11/h7H,3-6H2,1-2H3,(H,10,12,13). The number of carbonyl (C=O) groups excluding carboxylic acids is 1. The summed E-state index contributed by atoms with van der Waals surface area (Å²) in [6, 6.07) is 0. The van der Waals surface area contributed by atoms with Crippen molar-refractivity contribution in [2.24, 2.45) is 5.92 Å². The van der Waals surface area contributed by atoms with E-state index in [1.165, 1.54) is 12.8 Å². The topological polar surface area (TPSA) is 32.3 Å². The zero-order valence-corrected chi connectivity index (χ0v) is 8.99. The minimum Gasteiger partial charge on any atom is -0.349 e. The van der Waals surface area contributed by atoms with Crippen molar-refractivity contribution in [1.82, 2.24) is 10.2 Å². The van der Waals surface area contributed by atoms with E-state index in [9.17, 15) is 4.79 Å². The molecule has 0 unspecified atom stereocenters. The first-order valence-corrected chi connectivity index (χ1v) is 5.12. The third-order valence-corrected chi connectivity index (χ3v) is 2.51. The average Bonchev–Trinajstić information content (AvgIpc) is 2.55. The van der Waals surface area contributed by atoms with E-state index in [0.29, 0.717) is 5.11 Å². The lowest BCUT2D eigenvalue weighted by Gasteiger charge is -2.19. The molecule has 0 atom stereocenters. The fourth-order valence-electron chi connectivity index (χ4n) is 1.25. The maximum Gasteiger partial charge on any atom is 0.228 e. The van der Waals surface area contributed by atoms with Gasteiger partial charge in [0.15, 0.2) is 5.11 Å². The zero-order chi connectivity index (χ0) is 9.84. The lowest BCUT2D eigenvalue weighted by atomic mass is 10.2. The number of nitrogens with zero attached hydrogens (tertiary/aromatic N) is 1. The minimum absolute atomic E-state index is 0.000512. The lowest BCUT2D eigenvalue weighted by molar-refractivity contribution is -0.122. The molecule has 4 heteroatoms. The molecule has 0 spiro atoms. The Kier molecular flexibility index (Phi) is 3.66. The van der Waals surface area contributed by atoms with Crippen LogP contribution >= 0.6 is 12.2 Å². The van der Waals surface area contributed by atoms with Gasteiger partial charge in [-0.15, -0.1) is 0 Å². The lowest BCUT2D eigenvalue weighted by Crippen LogP contribution is -2.42. The Morgan fingerprint density at radius 1 is 1.38 bits per heavy atom. The van der Waals surface area contributed by atoms with Crippen LogP contribution < -0.4 is 5.32 Å². The Labute approximate surface area is 84.5 Å². The third kappa shape index (κ3) is 2.95. The number of hydrogen-bond acceptors (Lipinski definition) is 2. The van der Waals surface area contributed by atoms with Crippen molar-refractivity contribution in [3.8, 4) is 0 Å². The predicted molar refractivity (Wildman–Crippen MR) is 56.4 cm³/mol. The van der Waals surface area contributed by atoms with Gasteiger partial charge < -0.3 is 10.2 Å². The molecule has 0 aromatic heterocycles. The van der Waals surface area contributed by atoms with Crippen LogP contribution in [0.1, 0.15) is 26.7 Å². The van der Waals surface area contributed by atoms with Crippen molar-refractivity contribution in [1.29, 1.82) is 0 Å². The Bertz CT molecular complexity index is 210. The monoisotopic (exact) mass is 200 g/mol. The molecule has 0 aromatic carbocycles. The molecular weight excluding hydrogens is 184 g/mol. The van der Waals surface area contributed by atoms with Crippen molar-refractivity contribution >= 4 is 23.2 Å². The molecule has 1 amide bonds. The Morgan fingerprint density at radius 2 is 1.92 bits per heavy atom. The molecule has 0 saturated carbocycles. The third-order valence-electron chi connectivity index (χ3n) is 2.15. The van der Waals surface area contributed by atoms with Crippen LogP contribution in [0.5, 0.6) is 0 Å².